The number of fused-ring (bicyclic) bond motifs is 1. The molecule has 8 heteroatoms. The highest BCUT2D eigenvalue weighted by atomic mass is 32.1. The van der Waals surface area contributed by atoms with E-state index in [0.29, 0.717) is 19.0 Å². The number of amides is 1. The lowest BCUT2D eigenvalue weighted by Crippen LogP contribution is -2.62. The Kier molecular flexibility index (Phi) is 2.98. The van der Waals surface area contributed by atoms with Gasteiger partial charge >= 0.3 is 0 Å². The second-order valence-electron chi connectivity index (χ2n) is 5.12. The fourth-order valence-corrected chi connectivity index (χ4v) is 3.14. The van der Waals surface area contributed by atoms with Gasteiger partial charge in [0.1, 0.15) is 16.2 Å². The molecule has 20 heavy (non-hydrogen) atoms. The van der Waals surface area contributed by atoms with Gasteiger partial charge in [-0.05, 0) is 25.3 Å². The number of aromatic nitrogens is 2. The average Bonchev–Trinajstić information content (AvgIpc) is 2.89. The second-order valence-corrected chi connectivity index (χ2v) is 6.02. The van der Waals surface area contributed by atoms with Gasteiger partial charge in [0.25, 0.3) is 0 Å². The van der Waals surface area contributed by atoms with Crippen molar-refractivity contribution in [2.75, 3.05) is 23.4 Å². The number of nitrogens with one attached hydrogen (secondary N) is 2. The molecule has 1 saturated heterocycles. The van der Waals surface area contributed by atoms with E-state index in [1.54, 1.807) is 0 Å². The summed E-state index contributed by atoms with van der Waals surface area (Å²) in [6.07, 6.45) is 0. The van der Waals surface area contributed by atoms with Gasteiger partial charge in [0, 0.05) is 13.1 Å². The van der Waals surface area contributed by atoms with E-state index in [1.165, 1.54) is 11.3 Å². The zero-order valence-electron chi connectivity index (χ0n) is 11.3. The summed E-state index contributed by atoms with van der Waals surface area (Å²) in [5.41, 5.74) is 1.82. The number of carbonyl (C=O) groups is 1. The summed E-state index contributed by atoms with van der Waals surface area (Å²) in [5.74, 6) is 6.53. The lowest BCUT2D eigenvalue weighted by atomic mass is 9.98. The van der Waals surface area contributed by atoms with Crippen LogP contribution < -0.4 is 21.5 Å². The summed E-state index contributed by atoms with van der Waals surface area (Å²) >= 11 is 1.52. The molecule has 0 aliphatic carbocycles. The van der Waals surface area contributed by atoms with E-state index in [1.807, 2.05) is 30.2 Å². The maximum atomic E-state index is 12.1. The first-order chi connectivity index (χ1) is 9.54. The van der Waals surface area contributed by atoms with Gasteiger partial charge in [0.2, 0.25) is 11.9 Å². The van der Waals surface area contributed by atoms with Crippen LogP contribution in [0, 0.1) is 0 Å². The molecule has 2 aromatic rings. The lowest BCUT2D eigenvalue weighted by Gasteiger charge is -2.42. The number of piperazine rings is 1. The van der Waals surface area contributed by atoms with Crippen LogP contribution in [0.1, 0.15) is 13.8 Å². The fourth-order valence-electron chi connectivity index (χ4n) is 2.38. The fraction of sp³-hybridized carbons (Fsp3) is 0.417. The summed E-state index contributed by atoms with van der Waals surface area (Å²) in [6, 6.07) is 1.97. The predicted molar refractivity (Wildman–Crippen MR) is 79.7 cm³/mol. The maximum Gasteiger partial charge on any atom is 0.245 e. The van der Waals surface area contributed by atoms with E-state index >= 15 is 0 Å². The average molecular weight is 292 g/mol. The SMILES string of the molecule is CC1(C)C(=O)NCCN1c1nc(NN)nc2sccc12. The van der Waals surface area contributed by atoms with Crippen LogP contribution in [-0.4, -0.2) is 34.5 Å². The first kappa shape index (κ1) is 13.1. The van der Waals surface area contributed by atoms with Crippen molar-refractivity contribution < 1.29 is 4.79 Å². The summed E-state index contributed by atoms with van der Waals surface area (Å²) in [7, 11) is 0. The minimum Gasteiger partial charge on any atom is -0.352 e. The number of hydrazine groups is 1. The highest BCUT2D eigenvalue weighted by Gasteiger charge is 2.39. The molecule has 0 unspecified atom stereocenters. The van der Waals surface area contributed by atoms with Crippen LogP contribution in [0.25, 0.3) is 10.2 Å². The zero-order valence-corrected chi connectivity index (χ0v) is 12.1. The van der Waals surface area contributed by atoms with Crippen molar-refractivity contribution in [2.45, 2.75) is 19.4 Å². The number of hydrogen-bond acceptors (Lipinski definition) is 7. The van der Waals surface area contributed by atoms with Crippen LogP contribution in [0.5, 0.6) is 0 Å². The number of anilines is 2. The molecule has 0 aromatic carbocycles. The molecule has 0 radical (unpaired) electrons. The first-order valence-corrected chi connectivity index (χ1v) is 7.20. The van der Waals surface area contributed by atoms with Gasteiger partial charge in [-0.3, -0.25) is 10.2 Å². The number of rotatable bonds is 2. The summed E-state index contributed by atoms with van der Waals surface area (Å²) in [5, 5.41) is 5.78. The maximum absolute atomic E-state index is 12.1. The van der Waals surface area contributed by atoms with Gasteiger partial charge in [0.15, 0.2) is 0 Å². The van der Waals surface area contributed by atoms with Crippen LogP contribution in [0.15, 0.2) is 11.4 Å². The first-order valence-electron chi connectivity index (χ1n) is 6.32. The van der Waals surface area contributed by atoms with Crippen LogP contribution in [0.2, 0.25) is 0 Å². The number of nitrogens with two attached hydrogens (primary N) is 1. The number of nitrogen functional groups attached to an aromatic ring is 1. The molecule has 3 rings (SSSR count). The topological polar surface area (TPSA) is 96.2 Å². The molecule has 0 spiro atoms. The van der Waals surface area contributed by atoms with E-state index in [2.05, 4.69) is 20.7 Å². The molecule has 1 amide bonds. The van der Waals surface area contributed by atoms with Crippen molar-refractivity contribution in [1.82, 2.24) is 15.3 Å². The number of hydrogen-bond donors (Lipinski definition) is 3. The van der Waals surface area contributed by atoms with Crippen LogP contribution in [0.4, 0.5) is 11.8 Å². The Morgan fingerprint density at radius 1 is 1.50 bits per heavy atom. The normalized spacial score (nSPS) is 18.1. The molecule has 0 bridgehead atoms. The second kappa shape index (κ2) is 4.57. The van der Waals surface area contributed by atoms with Gasteiger partial charge in [-0.25, -0.2) is 10.8 Å². The Bertz CT molecular complexity index is 667. The molecule has 7 nitrogen and oxygen atoms in total. The van der Waals surface area contributed by atoms with Crippen molar-refractivity contribution >= 4 is 39.2 Å². The molecular weight excluding hydrogens is 276 g/mol. The third kappa shape index (κ3) is 1.88. The number of carbonyl (C=O) groups excluding carboxylic acids is 1. The van der Waals surface area contributed by atoms with Crippen LogP contribution >= 0.6 is 11.3 Å². The molecule has 4 N–H and O–H groups in total. The van der Waals surface area contributed by atoms with E-state index in [0.717, 1.165) is 16.0 Å². The summed E-state index contributed by atoms with van der Waals surface area (Å²) in [4.78, 5) is 23.7. The molecule has 1 aliphatic rings. The van der Waals surface area contributed by atoms with E-state index in [4.69, 9.17) is 5.84 Å². The third-order valence-corrected chi connectivity index (χ3v) is 4.35. The van der Waals surface area contributed by atoms with Crippen molar-refractivity contribution in [3.05, 3.63) is 11.4 Å². The standard InChI is InChI=1S/C12H16N6OS/c1-12(2)10(19)14-4-5-18(12)8-7-3-6-20-9(7)16-11(15-8)17-13/h3,6H,4-5,13H2,1-2H3,(H,14,19)(H,15,16,17). The van der Waals surface area contributed by atoms with Gasteiger partial charge in [-0.15, -0.1) is 11.3 Å². The Labute approximate surface area is 120 Å². The Morgan fingerprint density at radius 2 is 2.30 bits per heavy atom. The quantitative estimate of drug-likeness (QED) is 0.557. The van der Waals surface area contributed by atoms with Crippen molar-refractivity contribution in [2.24, 2.45) is 5.84 Å². The van der Waals surface area contributed by atoms with E-state index in [9.17, 15) is 4.79 Å². The molecule has 0 saturated carbocycles. The predicted octanol–water partition coefficient (Wildman–Crippen LogP) is 0.692. The van der Waals surface area contributed by atoms with E-state index < -0.39 is 5.54 Å². The molecule has 106 valence electrons. The third-order valence-electron chi connectivity index (χ3n) is 3.54. The highest BCUT2D eigenvalue weighted by molar-refractivity contribution is 7.16. The molecular formula is C12H16N6OS. The minimum absolute atomic E-state index is 0.00648. The van der Waals surface area contributed by atoms with Gasteiger partial charge in [0.05, 0.1) is 5.39 Å². The smallest absolute Gasteiger partial charge is 0.245 e. The minimum atomic E-state index is -0.659. The zero-order chi connectivity index (χ0) is 14.3. The monoisotopic (exact) mass is 292 g/mol. The molecule has 0 atom stereocenters. The molecule has 1 fully saturated rings. The summed E-state index contributed by atoms with van der Waals surface area (Å²) in [6.45, 7) is 5.07. The van der Waals surface area contributed by atoms with Crippen LogP contribution in [-0.2, 0) is 4.79 Å². The van der Waals surface area contributed by atoms with E-state index in [-0.39, 0.29) is 5.91 Å². The Morgan fingerprint density at radius 3 is 3.05 bits per heavy atom. The summed E-state index contributed by atoms with van der Waals surface area (Å²) < 4.78 is 0. The Hall–Kier alpha value is -1.93. The Balaban J connectivity index is 2.17. The lowest BCUT2D eigenvalue weighted by molar-refractivity contribution is -0.126. The van der Waals surface area contributed by atoms with Gasteiger partial charge in [-0.1, -0.05) is 0 Å². The largest absolute Gasteiger partial charge is 0.352 e. The van der Waals surface area contributed by atoms with Crippen molar-refractivity contribution in [1.29, 1.82) is 0 Å². The highest BCUT2D eigenvalue weighted by Crippen LogP contribution is 2.33. The number of nitrogens with zero attached hydrogens (tertiary/aromatic N) is 3. The molecule has 3 heterocycles. The van der Waals surface area contributed by atoms with Gasteiger partial charge in [-0.2, -0.15) is 4.98 Å². The molecule has 2 aromatic heterocycles. The number of thiophene rings is 1. The molecule has 1 aliphatic heterocycles. The van der Waals surface area contributed by atoms with Crippen molar-refractivity contribution in [3.8, 4) is 0 Å². The van der Waals surface area contributed by atoms with Crippen molar-refractivity contribution in [3.63, 3.8) is 0 Å². The van der Waals surface area contributed by atoms with Crippen LogP contribution in [0.3, 0.4) is 0 Å². The van der Waals surface area contributed by atoms with Gasteiger partial charge < -0.3 is 10.2 Å².